The highest BCUT2D eigenvalue weighted by molar-refractivity contribution is 7.98. The number of nitro groups is 1. The number of benzene rings is 2. The highest BCUT2D eigenvalue weighted by Crippen LogP contribution is 2.41. The summed E-state index contributed by atoms with van der Waals surface area (Å²) in [7, 11) is 0. The molecular weight excluding hydrogens is 438 g/mol. The van der Waals surface area contributed by atoms with Gasteiger partial charge < -0.3 is 5.32 Å². The predicted molar refractivity (Wildman–Crippen MR) is 126 cm³/mol. The molecule has 2 heterocycles. The van der Waals surface area contributed by atoms with E-state index in [1.807, 2.05) is 0 Å². The Labute approximate surface area is 195 Å². The van der Waals surface area contributed by atoms with E-state index in [-0.39, 0.29) is 11.5 Å². The van der Waals surface area contributed by atoms with Crippen molar-refractivity contribution in [1.82, 2.24) is 14.8 Å². The fraction of sp³-hybridized carbons (Fsp3) is 0.292. The number of nitrogens with zero attached hydrogens (tertiary/aromatic N) is 4. The van der Waals surface area contributed by atoms with Gasteiger partial charge in [0.25, 0.3) is 5.69 Å². The normalized spacial score (nSPS) is 17.4. The summed E-state index contributed by atoms with van der Waals surface area (Å²) in [5.41, 5.74) is 6.04. The topological polar surface area (TPSA) is 103 Å². The Morgan fingerprint density at radius 3 is 2.70 bits per heavy atom. The van der Waals surface area contributed by atoms with E-state index in [1.54, 1.807) is 28.6 Å². The van der Waals surface area contributed by atoms with Crippen LogP contribution < -0.4 is 5.32 Å². The third-order valence-electron chi connectivity index (χ3n) is 6.12. The van der Waals surface area contributed by atoms with Crippen LogP contribution in [-0.4, -0.2) is 25.5 Å². The van der Waals surface area contributed by atoms with E-state index in [9.17, 15) is 14.9 Å². The number of nitrogens with one attached hydrogen (secondary N) is 1. The number of anilines is 1. The Hall–Kier alpha value is -3.46. The second-order valence-corrected chi connectivity index (χ2v) is 9.37. The molecule has 2 aromatic carbocycles. The molecular formula is C24H23N5O3S. The number of carbonyl (C=O) groups excluding carboxylic acids is 1. The van der Waals surface area contributed by atoms with Crippen LogP contribution in [0.5, 0.6) is 0 Å². The van der Waals surface area contributed by atoms with Gasteiger partial charge in [0.15, 0.2) is 5.78 Å². The fourth-order valence-electron chi connectivity index (χ4n) is 4.43. The number of aromatic nitrogens is 3. The lowest BCUT2D eigenvalue weighted by atomic mass is 9.85. The van der Waals surface area contributed by atoms with Gasteiger partial charge in [-0.15, -0.1) is 5.10 Å². The monoisotopic (exact) mass is 461 g/mol. The molecule has 0 unspecified atom stereocenters. The van der Waals surface area contributed by atoms with E-state index < -0.39 is 11.0 Å². The number of rotatable bonds is 5. The van der Waals surface area contributed by atoms with Crippen molar-refractivity contribution < 1.29 is 9.72 Å². The van der Waals surface area contributed by atoms with Crippen LogP contribution >= 0.6 is 11.8 Å². The van der Waals surface area contributed by atoms with Crippen molar-refractivity contribution in [2.75, 3.05) is 5.32 Å². The first-order chi connectivity index (χ1) is 15.9. The van der Waals surface area contributed by atoms with Crippen molar-refractivity contribution in [3.63, 3.8) is 0 Å². The van der Waals surface area contributed by atoms with E-state index in [2.05, 4.69) is 37.4 Å². The van der Waals surface area contributed by atoms with Gasteiger partial charge in [-0.1, -0.05) is 35.5 Å². The zero-order valence-electron chi connectivity index (χ0n) is 18.4. The summed E-state index contributed by atoms with van der Waals surface area (Å²) in [6.45, 7) is 4.18. The Kier molecular flexibility index (Phi) is 5.49. The number of aryl methyl sites for hydroxylation is 2. The maximum Gasteiger partial charge on any atom is 0.269 e. The molecule has 0 radical (unpaired) electrons. The van der Waals surface area contributed by atoms with Crippen molar-refractivity contribution in [2.45, 2.75) is 50.1 Å². The Bertz CT molecular complexity index is 1300. The van der Waals surface area contributed by atoms with E-state index in [4.69, 9.17) is 10.1 Å². The third kappa shape index (κ3) is 4.04. The summed E-state index contributed by atoms with van der Waals surface area (Å²) < 4.78 is 1.74. The number of thioether (sulfide) groups is 1. The maximum atomic E-state index is 12.9. The summed E-state index contributed by atoms with van der Waals surface area (Å²) in [4.78, 5) is 28.3. The van der Waals surface area contributed by atoms with Gasteiger partial charge in [0, 0.05) is 35.6 Å². The molecule has 5 rings (SSSR count). The molecule has 0 fully saturated rings. The number of hydrogen-bond donors (Lipinski definition) is 1. The van der Waals surface area contributed by atoms with Gasteiger partial charge in [0.05, 0.1) is 4.92 Å². The summed E-state index contributed by atoms with van der Waals surface area (Å²) in [5.74, 6) is 1.41. The average Bonchev–Trinajstić information content (AvgIpc) is 3.20. The molecule has 2 aliphatic rings. The molecule has 1 atom stereocenters. The number of non-ortho nitro benzene ring substituents is 1. The standard InChI is InChI=1S/C24H23N5O3S/c1-14-6-7-17(15(2)12-14)13-33-24-26-23-25-19-4-3-5-20(30)21(19)22(28(23)27-24)16-8-10-18(11-9-16)29(31)32/h6-12,22H,3-5,13H2,1-2H3,(H,25,26,27)/t22-/m1/s1. The number of allylic oxidation sites excluding steroid dienone is 2. The lowest BCUT2D eigenvalue weighted by Crippen LogP contribution is -2.31. The van der Waals surface area contributed by atoms with Crippen molar-refractivity contribution in [3.05, 3.63) is 86.1 Å². The molecule has 0 spiro atoms. The van der Waals surface area contributed by atoms with E-state index in [0.717, 1.165) is 29.9 Å². The molecule has 3 aromatic rings. The van der Waals surface area contributed by atoms with Gasteiger partial charge in [-0.05, 0) is 55.5 Å². The van der Waals surface area contributed by atoms with Crippen LogP contribution in [0, 0.1) is 24.0 Å². The summed E-state index contributed by atoms with van der Waals surface area (Å²) in [5, 5.41) is 19.8. The average molecular weight is 462 g/mol. The highest BCUT2D eigenvalue weighted by atomic mass is 32.2. The highest BCUT2D eigenvalue weighted by Gasteiger charge is 2.37. The molecule has 1 N–H and O–H groups in total. The molecule has 0 bridgehead atoms. The van der Waals surface area contributed by atoms with Gasteiger partial charge in [0.1, 0.15) is 6.04 Å². The zero-order chi connectivity index (χ0) is 23.1. The Balaban J connectivity index is 1.50. The Morgan fingerprint density at radius 2 is 1.97 bits per heavy atom. The van der Waals surface area contributed by atoms with E-state index in [1.165, 1.54) is 28.8 Å². The summed E-state index contributed by atoms with van der Waals surface area (Å²) in [6, 6.07) is 12.3. The van der Waals surface area contributed by atoms with Crippen LogP contribution in [0.1, 0.15) is 47.6 Å². The van der Waals surface area contributed by atoms with Crippen molar-refractivity contribution in [2.24, 2.45) is 0 Å². The molecule has 0 saturated heterocycles. The number of Topliss-reactive ketones (excluding diaryl/α,β-unsaturated/α-hetero) is 1. The molecule has 9 heteroatoms. The molecule has 33 heavy (non-hydrogen) atoms. The van der Waals surface area contributed by atoms with Crippen LogP contribution in [0.25, 0.3) is 0 Å². The second kappa shape index (κ2) is 8.47. The lowest BCUT2D eigenvalue weighted by molar-refractivity contribution is -0.384. The molecule has 1 aromatic heterocycles. The van der Waals surface area contributed by atoms with Crippen LogP contribution in [0.4, 0.5) is 11.6 Å². The molecule has 0 amide bonds. The SMILES string of the molecule is Cc1ccc(CSc2nc3n(n2)[C@H](c2ccc([N+](=O)[O-])cc2)C2=C(CCCC2=O)N3)c(C)c1. The van der Waals surface area contributed by atoms with Crippen molar-refractivity contribution in [1.29, 1.82) is 0 Å². The second-order valence-electron chi connectivity index (χ2n) is 8.43. The number of fused-ring (bicyclic) bond motifs is 1. The smallest absolute Gasteiger partial charge is 0.269 e. The van der Waals surface area contributed by atoms with Crippen LogP contribution in [0.3, 0.4) is 0 Å². The molecule has 1 aliphatic heterocycles. The molecule has 168 valence electrons. The van der Waals surface area contributed by atoms with Gasteiger partial charge in [0.2, 0.25) is 11.1 Å². The van der Waals surface area contributed by atoms with Gasteiger partial charge in [-0.3, -0.25) is 14.9 Å². The predicted octanol–water partition coefficient (Wildman–Crippen LogP) is 5.12. The van der Waals surface area contributed by atoms with Gasteiger partial charge in [-0.25, -0.2) is 4.68 Å². The fourth-order valence-corrected chi connectivity index (χ4v) is 5.34. The Morgan fingerprint density at radius 1 is 1.18 bits per heavy atom. The van der Waals surface area contributed by atoms with Gasteiger partial charge in [-0.2, -0.15) is 4.98 Å². The molecule has 1 aliphatic carbocycles. The number of carbonyl (C=O) groups is 1. The van der Waals surface area contributed by atoms with E-state index in [0.29, 0.717) is 23.1 Å². The first-order valence-electron chi connectivity index (χ1n) is 10.8. The maximum absolute atomic E-state index is 12.9. The quantitative estimate of drug-likeness (QED) is 0.320. The van der Waals surface area contributed by atoms with Crippen molar-refractivity contribution in [3.8, 4) is 0 Å². The molecule has 8 nitrogen and oxygen atoms in total. The van der Waals surface area contributed by atoms with Crippen LogP contribution in [-0.2, 0) is 10.5 Å². The first kappa shape index (κ1) is 21.4. The lowest BCUT2D eigenvalue weighted by Gasteiger charge is -2.32. The number of hydrogen-bond acceptors (Lipinski definition) is 7. The summed E-state index contributed by atoms with van der Waals surface area (Å²) in [6.07, 6.45) is 2.05. The number of nitro benzene ring substituents is 1. The first-order valence-corrected chi connectivity index (χ1v) is 11.8. The van der Waals surface area contributed by atoms with Crippen LogP contribution in [0.15, 0.2) is 58.9 Å². The third-order valence-corrected chi connectivity index (χ3v) is 7.01. The minimum atomic E-state index is -0.451. The minimum Gasteiger partial charge on any atom is -0.328 e. The minimum absolute atomic E-state index is 0.0142. The molecule has 0 saturated carbocycles. The van der Waals surface area contributed by atoms with Crippen molar-refractivity contribution >= 4 is 29.2 Å². The summed E-state index contributed by atoms with van der Waals surface area (Å²) >= 11 is 1.55. The number of ketones is 1. The zero-order valence-corrected chi connectivity index (χ0v) is 19.2. The van der Waals surface area contributed by atoms with Crippen LogP contribution in [0.2, 0.25) is 0 Å². The van der Waals surface area contributed by atoms with Gasteiger partial charge >= 0.3 is 0 Å². The van der Waals surface area contributed by atoms with E-state index >= 15 is 0 Å². The largest absolute Gasteiger partial charge is 0.328 e.